The summed E-state index contributed by atoms with van der Waals surface area (Å²) in [4.78, 5) is 14.4. The van der Waals surface area contributed by atoms with Crippen LogP contribution in [0.3, 0.4) is 0 Å². The van der Waals surface area contributed by atoms with E-state index in [1.54, 1.807) is 18.8 Å². The Hall–Kier alpha value is -2.09. The number of tetrazole rings is 1. The van der Waals surface area contributed by atoms with Gasteiger partial charge in [-0.1, -0.05) is 23.9 Å². The Morgan fingerprint density at radius 1 is 1.27 bits per heavy atom. The fourth-order valence-electron chi connectivity index (χ4n) is 3.21. The summed E-state index contributed by atoms with van der Waals surface area (Å²) in [6, 6.07) is 8.29. The highest BCUT2D eigenvalue weighted by Crippen LogP contribution is 2.24. The van der Waals surface area contributed by atoms with E-state index in [2.05, 4.69) is 27.7 Å². The number of nitrogens with zero attached hydrogens (tertiary/aromatic N) is 5. The molecule has 0 atom stereocenters. The van der Waals surface area contributed by atoms with Gasteiger partial charge in [0.05, 0.1) is 7.11 Å². The van der Waals surface area contributed by atoms with E-state index in [4.69, 9.17) is 4.74 Å². The molecule has 26 heavy (non-hydrogen) atoms. The molecule has 0 bridgehead atoms. The van der Waals surface area contributed by atoms with Crippen molar-refractivity contribution in [1.29, 1.82) is 0 Å². The molecule has 8 heteroatoms. The zero-order valence-electron chi connectivity index (χ0n) is 15.3. The lowest BCUT2D eigenvalue weighted by molar-refractivity contribution is -0.132. The second-order valence-corrected chi connectivity index (χ2v) is 7.62. The Morgan fingerprint density at radius 2 is 2.00 bits per heavy atom. The van der Waals surface area contributed by atoms with E-state index < -0.39 is 0 Å². The molecule has 2 aromatic rings. The van der Waals surface area contributed by atoms with Crippen LogP contribution in [-0.4, -0.2) is 57.0 Å². The zero-order chi connectivity index (χ0) is 18.4. The second kappa shape index (κ2) is 9.02. The minimum absolute atomic E-state index is 0.232. The molecule has 3 rings (SSSR count). The first-order valence-corrected chi connectivity index (χ1v) is 9.90. The molecule has 1 amide bonds. The third kappa shape index (κ3) is 4.97. The molecule has 0 unspecified atom stereocenters. The number of ether oxygens (including phenoxy) is 1. The van der Waals surface area contributed by atoms with E-state index in [9.17, 15) is 4.79 Å². The second-order valence-electron chi connectivity index (χ2n) is 6.56. The van der Waals surface area contributed by atoms with Gasteiger partial charge in [0.15, 0.2) is 0 Å². The summed E-state index contributed by atoms with van der Waals surface area (Å²) in [5.74, 6) is 2.48. The lowest BCUT2D eigenvalue weighted by Gasteiger charge is -2.32. The van der Waals surface area contributed by atoms with E-state index in [1.807, 2.05) is 17.0 Å². The first-order chi connectivity index (χ1) is 12.7. The largest absolute Gasteiger partial charge is 0.497 e. The Kier molecular flexibility index (Phi) is 6.49. The number of amides is 1. The highest BCUT2D eigenvalue weighted by atomic mass is 32.2. The minimum Gasteiger partial charge on any atom is -0.497 e. The lowest BCUT2D eigenvalue weighted by atomic mass is 9.90. The predicted molar refractivity (Wildman–Crippen MR) is 100 cm³/mol. The maximum Gasteiger partial charge on any atom is 0.223 e. The molecule has 1 saturated heterocycles. The van der Waals surface area contributed by atoms with Crippen LogP contribution < -0.4 is 4.74 Å². The Morgan fingerprint density at radius 3 is 2.62 bits per heavy atom. The molecule has 0 N–H and O–H groups in total. The first-order valence-electron chi connectivity index (χ1n) is 8.91. The number of thioether (sulfide) groups is 1. The van der Waals surface area contributed by atoms with Crippen LogP contribution in [-0.2, 0) is 18.3 Å². The van der Waals surface area contributed by atoms with Crippen LogP contribution in [0.5, 0.6) is 5.75 Å². The molecule has 1 aromatic carbocycles. The molecular formula is C18H25N5O2S. The molecular weight excluding hydrogens is 350 g/mol. The number of aromatic nitrogens is 4. The van der Waals surface area contributed by atoms with Crippen molar-refractivity contribution in [1.82, 2.24) is 25.1 Å². The topological polar surface area (TPSA) is 73.1 Å². The molecule has 0 spiro atoms. The van der Waals surface area contributed by atoms with Gasteiger partial charge in [-0.2, -0.15) is 0 Å². The summed E-state index contributed by atoms with van der Waals surface area (Å²) in [5.41, 5.74) is 1.34. The summed E-state index contributed by atoms with van der Waals surface area (Å²) in [7, 11) is 3.49. The van der Waals surface area contributed by atoms with Gasteiger partial charge < -0.3 is 9.64 Å². The number of likely N-dealkylation sites (tertiary alicyclic amines) is 1. The molecule has 1 fully saturated rings. The number of aryl methyl sites for hydroxylation is 1. The summed E-state index contributed by atoms with van der Waals surface area (Å²) >= 11 is 1.52. The van der Waals surface area contributed by atoms with Gasteiger partial charge in [-0.25, -0.2) is 4.68 Å². The van der Waals surface area contributed by atoms with Crippen LogP contribution in [0.1, 0.15) is 24.8 Å². The van der Waals surface area contributed by atoms with E-state index >= 15 is 0 Å². The Bertz CT molecular complexity index is 711. The molecule has 1 aromatic heterocycles. The van der Waals surface area contributed by atoms with E-state index in [0.717, 1.165) is 43.3 Å². The minimum atomic E-state index is 0.232. The summed E-state index contributed by atoms with van der Waals surface area (Å²) in [6.45, 7) is 1.71. The molecule has 7 nitrogen and oxygen atoms in total. The average molecular weight is 375 g/mol. The van der Waals surface area contributed by atoms with Crippen molar-refractivity contribution in [3.05, 3.63) is 29.8 Å². The fourth-order valence-corrected chi connectivity index (χ4v) is 3.99. The van der Waals surface area contributed by atoms with Crippen LogP contribution in [0, 0.1) is 5.92 Å². The SMILES string of the molecule is COc1ccc(CC2CCN(C(=O)CCSc3nnnn3C)CC2)cc1. The summed E-state index contributed by atoms with van der Waals surface area (Å²) < 4.78 is 6.83. The van der Waals surface area contributed by atoms with Gasteiger partial charge in [-0.05, 0) is 53.3 Å². The molecule has 0 saturated carbocycles. The van der Waals surface area contributed by atoms with E-state index in [1.165, 1.54) is 17.3 Å². The average Bonchev–Trinajstić information content (AvgIpc) is 3.08. The fraction of sp³-hybridized carbons (Fsp3) is 0.556. The van der Waals surface area contributed by atoms with Gasteiger partial charge in [0, 0.05) is 32.3 Å². The lowest BCUT2D eigenvalue weighted by Crippen LogP contribution is -2.39. The Balaban J connectivity index is 1.38. The standard InChI is InChI=1S/C18H25N5O2S/c1-22-18(19-20-21-22)26-12-9-17(24)23-10-7-15(8-11-23)13-14-3-5-16(25-2)6-4-14/h3-6,15H,7-13H2,1-2H3. The summed E-state index contributed by atoms with van der Waals surface area (Å²) in [6.07, 6.45) is 3.73. The van der Waals surface area contributed by atoms with Crippen molar-refractivity contribution in [2.45, 2.75) is 30.8 Å². The molecule has 1 aliphatic rings. The van der Waals surface area contributed by atoms with E-state index in [-0.39, 0.29) is 5.91 Å². The van der Waals surface area contributed by atoms with Crippen molar-refractivity contribution < 1.29 is 9.53 Å². The number of carbonyl (C=O) groups is 1. The smallest absolute Gasteiger partial charge is 0.223 e. The van der Waals surface area contributed by atoms with Gasteiger partial charge in [0.25, 0.3) is 0 Å². The highest BCUT2D eigenvalue weighted by Gasteiger charge is 2.22. The first kappa shape index (κ1) is 18.7. The van der Waals surface area contributed by atoms with Crippen LogP contribution in [0.25, 0.3) is 0 Å². The number of carbonyl (C=O) groups excluding carboxylic acids is 1. The Labute approximate surface area is 158 Å². The van der Waals surface area contributed by atoms with Crippen LogP contribution in [0.4, 0.5) is 0 Å². The highest BCUT2D eigenvalue weighted by molar-refractivity contribution is 7.99. The molecule has 140 valence electrons. The number of methoxy groups -OCH3 is 1. The predicted octanol–water partition coefficient (Wildman–Crippen LogP) is 2.18. The van der Waals surface area contributed by atoms with Crippen molar-refractivity contribution in [2.24, 2.45) is 13.0 Å². The van der Waals surface area contributed by atoms with Gasteiger partial charge in [0.2, 0.25) is 11.1 Å². The quantitative estimate of drug-likeness (QED) is 0.691. The third-order valence-electron chi connectivity index (χ3n) is 4.78. The van der Waals surface area contributed by atoms with Gasteiger partial charge in [-0.3, -0.25) is 4.79 Å². The molecule has 1 aliphatic heterocycles. The van der Waals surface area contributed by atoms with Crippen LogP contribution >= 0.6 is 11.8 Å². The number of piperidine rings is 1. The van der Waals surface area contributed by atoms with Crippen molar-refractivity contribution in [2.75, 3.05) is 26.0 Å². The van der Waals surface area contributed by atoms with Crippen molar-refractivity contribution in [3.63, 3.8) is 0 Å². The monoisotopic (exact) mass is 375 g/mol. The number of hydrogen-bond acceptors (Lipinski definition) is 6. The van der Waals surface area contributed by atoms with Crippen LogP contribution in [0.15, 0.2) is 29.4 Å². The zero-order valence-corrected chi connectivity index (χ0v) is 16.1. The molecule has 2 heterocycles. The maximum atomic E-state index is 12.4. The van der Waals surface area contributed by atoms with E-state index in [0.29, 0.717) is 18.1 Å². The summed E-state index contributed by atoms with van der Waals surface area (Å²) in [5, 5.41) is 12.1. The van der Waals surface area contributed by atoms with Crippen molar-refractivity contribution >= 4 is 17.7 Å². The van der Waals surface area contributed by atoms with Gasteiger partial charge in [0.1, 0.15) is 5.75 Å². The number of rotatable bonds is 7. The number of benzene rings is 1. The maximum absolute atomic E-state index is 12.4. The normalized spacial score (nSPS) is 15.2. The van der Waals surface area contributed by atoms with Gasteiger partial charge >= 0.3 is 0 Å². The molecule has 0 radical (unpaired) electrons. The molecule has 0 aliphatic carbocycles. The van der Waals surface area contributed by atoms with Gasteiger partial charge in [-0.15, -0.1) is 5.10 Å². The van der Waals surface area contributed by atoms with Crippen LogP contribution in [0.2, 0.25) is 0 Å². The number of hydrogen-bond donors (Lipinski definition) is 0. The third-order valence-corrected chi connectivity index (χ3v) is 5.79. The van der Waals surface area contributed by atoms with Crippen molar-refractivity contribution in [3.8, 4) is 5.75 Å².